The van der Waals surface area contributed by atoms with Crippen LogP contribution in [0.25, 0.3) is 0 Å². The van der Waals surface area contributed by atoms with Gasteiger partial charge in [-0.2, -0.15) is 0 Å². The molecule has 0 aromatic carbocycles. The van der Waals surface area contributed by atoms with E-state index in [4.69, 9.17) is 4.74 Å². The van der Waals surface area contributed by atoms with Gasteiger partial charge in [0.1, 0.15) is 11.4 Å². The van der Waals surface area contributed by atoms with Gasteiger partial charge < -0.3 is 4.74 Å². The minimum Gasteiger partial charge on any atom is -0.364 e. The van der Waals surface area contributed by atoms with Crippen molar-refractivity contribution < 1.29 is 4.74 Å². The largest absolute Gasteiger partial charge is 0.364 e. The zero-order chi connectivity index (χ0) is 14.6. The summed E-state index contributed by atoms with van der Waals surface area (Å²) in [6.45, 7) is 15.3. The summed E-state index contributed by atoms with van der Waals surface area (Å²) in [6, 6.07) is 0. The monoisotopic (exact) mass is 264 g/mol. The van der Waals surface area contributed by atoms with Gasteiger partial charge in [0.15, 0.2) is 0 Å². The molecule has 1 aromatic rings. The number of aromatic nitrogens is 2. The van der Waals surface area contributed by atoms with Gasteiger partial charge in [-0.05, 0) is 33.1 Å². The number of rotatable bonds is 3. The number of nitrogens with zero attached hydrogens (tertiary/aromatic N) is 2. The minimum atomic E-state index is -0.232. The van der Waals surface area contributed by atoms with Gasteiger partial charge in [-0.3, -0.25) is 0 Å². The van der Waals surface area contributed by atoms with Crippen LogP contribution in [-0.4, -0.2) is 9.97 Å². The zero-order valence-electron chi connectivity index (χ0n) is 13.5. The Bertz CT molecular complexity index is 431. The predicted octanol–water partition coefficient (Wildman–Crippen LogP) is 4.30. The fourth-order valence-electron chi connectivity index (χ4n) is 2.69. The first kappa shape index (κ1) is 16.1. The van der Waals surface area contributed by atoms with Crippen molar-refractivity contribution in [1.29, 1.82) is 0 Å². The first-order chi connectivity index (χ1) is 8.99. The van der Waals surface area contributed by atoms with Crippen LogP contribution < -0.4 is 0 Å². The van der Waals surface area contributed by atoms with Crippen LogP contribution >= 0.6 is 0 Å². The van der Waals surface area contributed by atoms with Crippen LogP contribution in [0.15, 0.2) is 0 Å². The number of hydrogen-bond acceptors (Lipinski definition) is 3. The molecule has 3 nitrogen and oxygen atoms in total. The summed E-state index contributed by atoms with van der Waals surface area (Å²) in [4.78, 5) is 9.06. The second-order valence-electron chi connectivity index (χ2n) is 5.27. The molecule has 19 heavy (non-hydrogen) atoms. The molecule has 1 aromatic heterocycles. The molecule has 2 unspecified atom stereocenters. The topological polar surface area (TPSA) is 35.0 Å². The molecule has 2 atom stereocenters. The summed E-state index contributed by atoms with van der Waals surface area (Å²) >= 11 is 0. The first-order valence-corrected chi connectivity index (χ1v) is 7.47. The van der Waals surface area contributed by atoms with Crippen molar-refractivity contribution in [2.24, 2.45) is 5.92 Å². The second-order valence-corrected chi connectivity index (χ2v) is 5.27. The van der Waals surface area contributed by atoms with Crippen molar-refractivity contribution in [2.45, 2.75) is 73.5 Å². The summed E-state index contributed by atoms with van der Waals surface area (Å²) in [5.74, 6) is 1.34. The van der Waals surface area contributed by atoms with Gasteiger partial charge in [-0.15, -0.1) is 0 Å². The fraction of sp³-hybridized carbons (Fsp3) is 0.750. The number of fused-ring (bicyclic) bond motifs is 1. The van der Waals surface area contributed by atoms with Gasteiger partial charge in [-0.25, -0.2) is 9.97 Å². The molecule has 0 amide bonds. The lowest BCUT2D eigenvalue weighted by Gasteiger charge is -2.30. The van der Waals surface area contributed by atoms with Crippen molar-refractivity contribution in [2.75, 3.05) is 0 Å². The maximum absolute atomic E-state index is 6.06. The van der Waals surface area contributed by atoms with E-state index in [0.717, 1.165) is 23.6 Å². The van der Waals surface area contributed by atoms with Crippen LogP contribution in [-0.2, 0) is 16.9 Å². The Kier molecular flexibility index (Phi) is 5.48. The van der Waals surface area contributed by atoms with Crippen molar-refractivity contribution in [1.82, 2.24) is 9.97 Å². The molecule has 0 radical (unpaired) electrons. The number of hydrogen-bond donors (Lipinski definition) is 0. The van der Waals surface area contributed by atoms with Gasteiger partial charge in [0.25, 0.3) is 0 Å². The molecule has 2 heterocycles. The highest BCUT2D eigenvalue weighted by Gasteiger charge is 2.42. The molecule has 2 rings (SSSR count). The standard InChI is InChI=1S/C14H22N2O.C2H6/c1-6-7-9(2)14(5)13-12(8-17-14)10(3)15-11(4)16-13;1-2/h9H,6-8H2,1-5H3;1-2H3. The van der Waals surface area contributed by atoms with Crippen molar-refractivity contribution in [3.05, 3.63) is 22.8 Å². The SMILES string of the molecule is CC.CCCC(C)C1(C)OCc2c(C)nc(C)nc21. The molecule has 0 saturated carbocycles. The smallest absolute Gasteiger partial charge is 0.125 e. The molecule has 3 heteroatoms. The Labute approximate surface area is 117 Å². The van der Waals surface area contributed by atoms with Gasteiger partial charge in [-0.1, -0.05) is 34.1 Å². The Balaban J connectivity index is 0.000000861. The Morgan fingerprint density at radius 1 is 1.26 bits per heavy atom. The third-order valence-electron chi connectivity index (χ3n) is 3.97. The van der Waals surface area contributed by atoms with E-state index in [1.807, 2.05) is 27.7 Å². The summed E-state index contributed by atoms with van der Waals surface area (Å²) in [6.07, 6.45) is 2.34. The molecular formula is C16H28N2O. The maximum Gasteiger partial charge on any atom is 0.125 e. The summed E-state index contributed by atoms with van der Waals surface area (Å²) in [5, 5.41) is 0. The van der Waals surface area contributed by atoms with Crippen LogP contribution in [0.3, 0.4) is 0 Å². The van der Waals surface area contributed by atoms with E-state index in [0.29, 0.717) is 12.5 Å². The average Bonchev–Trinajstić information content (AvgIpc) is 2.72. The molecule has 1 aliphatic rings. The summed E-state index contributed by atoms with van der Waals surface area (Å²) < 4.78 is 6.06. The van der Waals surface area contributed by atoms with Crippen LogP contribution in [0, 0.1) is 19.8 Å². The lowest BCUT2D eigenvalue weighted by Crippen LogP contribution is -2.31. The van der Waals surface area contributed by atoms with Gasteiger partial charge in [0.2, 0.25) is 0 Å². The fourth-order valence-corrected chi connectivity index (χ4v) is 2.69. The van der Waals surface area contributed by atoms with Crippen LogP contribution in [0.2, 0.25) is 0 Å². The molecule has 0 spiro atoms. The van der Waals surface area contributed by atoms with E-state index < -0.39 is 0 Å². The molecule has 1 aliphatic heterocycles. The number of aryl methyl sites for hydroxylation is 2. The van der Waals surface area contributed by atoms with E-state index in [-0.39, 0.29) is 5.60 Å². The summed E-state index contributed by atoms with van der Waals surface area (Å²) in [7, 11) is 0. The number of ether oxygens (including phenoxy) is 1. The first-order valence-electron chi connectivity index (χ1n) is 7.47. The summed E-state index contributed by atoms with van der Waals surface area (Å²) in [5.41, 5.74) is 3.15. The second kappa shape index (κ2) is 6.47. The van der Waals surface area contributed by atoms with Crippen molar-refractivity contribution in [3.8, 4) is 0 Å². The van der Waals surface area contributed by atoms with E-state index in [1.54, 1.807) is 0 Å². The van der Waals surface area contributed by atoms with E-state index in [1.165, 1.54) is 12.0 Å². The maximum atomic E-state index is 6.06. The molecule has 0 saturated heterocycles. The Morgan fingerprint density at radius 2 is 1.89 bits per heavy atom. The molecule has 0 aliphatic carbocycles. The van der Waals surface area contributed by atoms with E-state index >= 15 is 0 Å². The predicted molar refractivity (Wildman–Crippen MR) is 79.1 cm³/mol. The van der Waals surface area contributed by atoms with E-state index in [9.17, 15) is 0 Å². The van der Waals surface area contributed by atoms with Gasteiger partial charge >= 0.3 is 0 Å². The molecular weight excluding hydrogens is 236 g/mol. The normalized spacial score (nSPS) is 22.5. The zero-order valence-corrected chi connectivity index (χ0v) is 13.5. The molecule has 0 bridgehead atoms. The molecule has 0 N–H and O–H groups in total. The van der Waals surface area contributed by atoms with Crippen LogP contribution in [0.1, 0.15) is 70.2 Å². The van der Waals surface area contributed by atoms with Gasteiger partial charge in [0.05, 0.1) is 12.3 Å². The lowest BCUT2D eigenvalue weighted by atomic mass is 9.84. The highest BCUT2D eigenvalue weighted by atomic mass is 16.5. The third-order valence-corrected chi connectivity index (χ3v) is 3.97. The molecule has 0 fully saturated rings. The minimum absolute atomic E-state index is 0.232. The highest BCUT2D eigenvalue weighted by Crippen LogP contribution is 2.42. The van der Waals surface area contributed by atoms with Crippen LogP contribution in [0.4, 0.5) is 0 Å². The highest BCUT2D eigenvalue weighted by molar-refractivity contribution is 5.32. The van der Waals surface area contributed by atoms with E-state index in [2.05, 4.69) is 30.7 Å². The van der Waals surface area contributed by atoms with Crippen molar-refractivity contribution >= 4 is 0 Å². The lowest BCUT2D eigenvalue weighted by molar-refractivity contribution is -0.0675. The van der Waals surface area contributed by atoms with Crippen molar-refractivity contribution in [3.63, 3.8) is 0 Å². The van der Waals surface area contributed by atoms with Crippen LogP contribution in [0.5, 0.6) is 0 Å². The quantitative estimate of drug-likeness (QED) is 0.816. The average molecular weight is 264 g/mol. The Hall–Kier alpha value is -0.960. The van der Waals surface area contributed by atoms with Gasteiger partial charge in [0, 0.05) is 11.3 Å². The molecule has 108 valence electrons. The Morgan fingerprint density at radius 3 is 2.47 bits per heavy atom. The third kappa shape index (κ3) is 2.97.